The summed E-state index contributed by atoms with van der Waals surface area (Å²) in [4.78, 5) is 0. The summed E-state index contributed by atoms with van der Waals surface area (Å²) in [7, 11) is -0.790. The van der Waals surface area contributed by atoms with Gasteiger partial charge in [0, 0.05) is 28.7 Å². The number of nitrogens with two attached hydrogens (primary N) is 1. The van der Waals surface area contributed by atoms with E-state index < -0.39 is 10.8 Å². The highest BCUT2D eigenvalue weighted by molar-refractivity contribution is 7.85. The first-order chi connectivity index (χ1) is 6.62. The Hall–Kier alpha value is -0.400. The van der Waals surface area contributed by atoms with Gasteiger partial charge in [0.1, 0.15) is 0 Å². The van der Waals surface area contributed by atoms with Gasteiger partial charge < -0.3 is 5.73 Å². The fourth-order valence-corrected chi connectivity index (χ4v) is 3.46. The van der Waals surface area contributed by atoms with Crippen molar-refractivity contribution in [1.82, 2.24) is 0 Å². The summed E-state index contributed by atoms with van der Waals surface area (Å²) in [6.45, 7) is 2.61. The maximum atomic E-state index is 11.7. The SMILES string of the molecule is CC(CN)CS(=O)CC1(CC#N)CC1. The van der Waals surface area contributed by atoms with Gasteiger partial charge in [0.05, 0.1) is 6.07 Å². The van der Waals surface area contributed by atoms with Gasteiger partial charge in [0.2, 0.25) is 0 Å². The Morgan fingerprint density at radius 3 is 2.71 bits per heavy atom. The van der Waals surface area contributed by atoms with E-state index in [-0.39, 0.29) is 5.41 Å². The van der Waals surface area contributed by atoms with Gasteiger partial charge in [-0.3, -0.25) is 4.21 Å². The van der Waals surface area contributed by atoms with Crippen molar-refractivity contribution in [3.05, 3.63) is 0 Å². The molecule has 80 valence electrons. The zero-order valence-corrected chi connectivity index (χ0v) is 9.48. The van der Waals surface area contributed by atoms with Crippen molar-refractivity contribution in [2.45, 2.75) is 26.2 Å². The monoisotopic (exact) mass is 214 g/mol. The highest BCUT2D eigenvalue weighted by atomic mass is 32.2. The first-order valence-electron chi connectivity index (χ1n) is 5.04. The van der Waals surface area contributed by atoms with E-state index in [1.807, 2.05) is 6.92 Å². The average Bonchev–Trinajstić information content (AvgIpc) is 2.85. The first kappa shape index (κ1) is 11.7. The summed E-state index contributed by atoms with van der Waals surface area (Å²) >= 11 is 0. The minimum atomic E-state index is -0.790. The number of rotatable bonds is 6. The summed E-state index contributed by atoms with van der Waals surface area (Å²) in [5, 5.41) is 8.61. The second-order valence-corrected chi connectivity index (χ2v) is 5.93. The van der Waals surface area contributed by atoms with Gasteiger partial charge in [-0.15, -0.1) is 0 Å². The second-order valence-electron chi connectivity index (χ2n) is 4.43. The predicted octanol–water partition coefficient (Wildman–Crippen LogP) is 1.02. The fraction of sp³-hybridized carbons (Fsp3) is 0.900. The summed E-state index contributed by atoms with van der Waals surface area (Å²) < 4.78 is 11.7. The topological polar surface area (TPSA) is 66.9 Å². The lowest BCUT2D eigenvalue weighted by molar-refractivity contribution is 0.579. The van der Waals surface area contributed by atoms with Crippen molar-refractivity contribution in [2.75, 3.05) is 18.1 Å². The highest BCUT2D eigenvalue weighted by Crippen LogP contribution is 2.49. The Morgan fingerprint density at radius 1 is 1.64 bits per heavy atom. The maximum Gasteiger partial charge on any atom is 0.0627 e. The van der Waals surface area contributed by atoms with Crippen LogP contribution in [-0.2, 0) is 10.8 Å². The van der Waals surface area contributed by atoms with Crippen molar-refractivity contribution >= 4 is 10.8 Å². The van der Waals surface area contributed by atoms with Crippen LogP contribution in [0.3, 0.4) is 0 Å². The third-order valence-electron chi connectivity index (χ3n) is 2.75. The third kappa shape index (κ3) is 3.39. The van der Waals surface area contributed by atoms with Crippen LogP contribution in [0, 0.1) is 22.7 Å². The van der Waals surface area contributed by atoms with E-state index in [2.05, 4.69) is 6.07 Å². The van der Waals surface area contributed by atoms with Crippen LogP contribution in [-0.4, -0.2) is 22.3 Å². The smallest absolute Gasteiger partial charge is 0.0627 e. The molecule has 1 fully saturated rings. The Balaban J connectivity index is 2.31. The molecule has 0 aromatic carbocycles. The minimum absolute atomic E-state index is 0.105. The van der Waals surface area contributed by atoms with Crippen LogP contribution in [0.4, 0.5) is 0 Å². The normalized spacial score (nSPS) is 22.4. The van der Waals surface area contributed by atoms with Crippen LogP contribution >= 0.6 is 0 Å². The molecule has 1 aliphatic rings. The van der Waals surface area contributed by atoms with Gasteiger partial charge in [-0.2, -0.15) is 5.26 Å². The van der Waals surface area contributed by atoms with Crippen LogP contribution in [0.1, 0.15) is 26.2 Å². The van der Waals surface area contributed by atoms with Crippen LogP contribution in [0.15, 0.2) is 0 Å². The van der Waals surface area contributed by atoms with Crippen LogP contribution in [0.25, 0.3) is 0 Å². The predicted molar refractivity (Wildman–Crippen MR) is 58.0 cm³/mol. The molecule has 1 aliphatic carbocycles. The minimum Gasteiger partial charge on any atom is -0.330 e. The van der Waals surface area contributed by atoms with Crippen molar-refractivity contribution in [2.24, 2.45) is 17.1 Å². The molecule has 4 heteroatoms. The molecule has 2 atom stereocenters. The first-order valence-corrected chi connectivity index (χ1v) is 6.53. The Labute approximate surface area is 88.1 Å². The summed E-state index contributed by atoms with van der Waals surface area (Å²) in [6, 6.07) is 2.18. The van der Waals surface area contributed by atoms with E-state index in [0.717, 1.165) is 12.8 Å². The molecule has 0 aromatic heterocycles. The van der Waals surface area contributed by atoms with Gasteiger partial charge >= 0.3 is 0 Å². The molecular weight excluding hydrogens is 196 g/mol. The quantitative estimate of drug-likeness (QED) is 0.718. The highest BCUT2D eigenvalue weighted by Gasteiger charge is 2.43. The number of nitrogens with zero attached hydrogens (tertiary/aromatic N) is 1. The lowest BCUT2D eigenvalue weighted by Crippen LogP contribution is -2.22. The molecule has 14 heavy (non-hydrogen) atoms. The molecule has 0 spiro atoms. The van der Waals surface area contributed by atoms with Crippen LogP contribution in [0.2, 0.25) is 0 Å². The van der Waals surface area contributed by atoms with E-state index in [1.165, 1.54) is 0 Å². The van der Waals surface area contributed by atoms with E-state index in [0.29, 0.717) is 30.4 Å². The Kier molecular flexibility index (Phi) is 4.09. The molecule has 3 nitrogen and oxygen atoms in total. The van der Waals surface area contributed by atoms with Gasteiger partial charge in [-0.25, -0.2) is 0 Å². The zero-order valence-electron chi connectivity index (χ0n) is 8.66. The van der Waals surface area contributed by atoms with Gasteiger partial charge in [-0.05, 0) is 30.7 Å². The van der Waals surface area contributed by atoms with Crippen LogP contribution < -0.4 is 5.73 Å². The number of hydrogen-bond acceptors (Lipinski definition) is 3. The largest absolute Gasteiger partial charge is 0.330 e. The van der Waals surface area contributed by atoms with E-state index in [4.69, 9.17) is 11.0 Å². The molecule has 0 amide bonds. The van der Waals surface area contributed by atoms with Crippen molar-refractivity contribution in [1.29, 1.82) is 5.26 Å². The number of hydrogen-bond donors (Lipinski definition) is 1. The standard InChI is InChI=1S/C10H18N2OS/c1-9(6-12)7-14(13)8-10(2-3-10)4-5-11/h9H,2-4,6-8,12H2,1H3. The van der Waals surface area contributed by atoms with Crippen LogP contribution in [0.5, 0.6) is 0 Å². The van der Waals surface area contributed by atoms with E-state index in [1.54, 1.807) is 0 Å². The summed E-state index contributed by atoms with van der Waals surface area (Å²) in [5.41, 5.74) is 5.58. The molecular formula is C10H18N2OS. The average molecular weight is 214 g/mol. The van der Waals surface area contributed by atoms with Gasteiger partial charge in [0.15, 0.2) is 0 Å². The van der Waals surface area contributed by atoms with Crippen molar-refractivity contribution in [3.63, 3.8) is 0 Å². The summed E-state index contributed by atoms with van der Waals surface area (Å²) in [6.07, 6.45) is 2.71. The lowest BCUT2D eigenvalue weighted by atomic mass is 10.1. The molecule has 2 N–H and O–H groups in total. The Bertz CT molecular complexity index is 255. The molecule has 0 heterocycles. The van der Waals surface area contributed by atoms with E-state index in [9.17, 15) is 4.21 Å². The molecule has 0 radical (unpaired) electrons. The van der Waals surface area contributed by atoms with Crippen molar-refractivity contribution in [3.8, 4) is 6.07 Å². The van der Waals surface area contributed by atoms with Gasteiger partial charge in [-0.1, -0.05) is 6.92 Å². The second kappa shape index (κ2) is 4.90. The molecule has 0 bridgehead atoms. The number of nitriles is 1. The maximum absolute atomic E-state index is 11.7. The molecule has 2 unspecified atom stereocenters. The molecule has 0 saturated heterocycles. The van der Waals surface area contributed by atoms with E-state index >= 15 is 0 Å². The zero-order chi connectivity index (χ0) is 10.6. The molecule has 0 aromatic rings. The third-order valence-corrected chi connectivity index (χ3v) is 4.63. The summed E-state index contributed by atoms with van der Waals surface area (Å²) in [5.74, 6) is 1.71. The lowest BCUT2D eigenvalue weighted by Gasteiger charge is -2.12. The molecule has 1 rings (SSSR count). The molecule has 0 aliphatic heterocycles. The van der Waals surface area contributed by atoms with Crippen molar-refractivity contribution < 1.29 is 4.21 Å². The van der Waals surface area contributed by atoms with Gasteiger partial charge in [0.25, 0.3) is 0 Å². The molecule has 1 saturated carbocycles. The fourth-order valence-electron chi connectivity index (χ4n) is 1.50. The Morgan fingerprint density at radius 2 is 2.29 bits per heavy atom.